The van der Waals surface area contributed by atoms with Crippen LogP contribution in [0.5, 0.6) is 0 Å². The van der Waals surface area contributed by atoms with Crippen LogP contribution in [0.15, 0.2) is 46.3 Å². The third kappa shape index (κ3) is 3.44. The zero-order valence-corrected chi connectivity index (χ0v) is 17.0. The molecule has 3 rings (SSSR count). The number of fused-ring (bicyclic) bond motifs is 1. The van der Waals surface area contributed by atoms with Crippen molar-refractivity contribution >= 4 is 60.5 Å². The van der Waals surface area contributed by atoms with E-state index in [-0.39, 0.29) is 10.6 Å². The summed E-state index contributed by atoms with van der Waals surface area (Å²) < 4.78 is 26.2. The van der Waals surface area contributed by atoms with Gasteiger partial charge in [-0.1, -0.05) is 41.5 Å². The van der Waals surface area contributed by atoms with E-state index >= 15 is 0 Å². The van der Waals surface area contributed by atoms with E-state index < -0.39 is 15.7 Å². The molecule has 0 spiro atoms. The minimum Gasteiger partial charge on any atom is -0.318 e. The summed E-state index contributed by atoms with van der Waals surface area (Å²) in [5.41, 5.74) is 1.01. The van der Waals surface area contributed by atoms with E-state index in [2.05, 4.69) is 4.99 Å². The highest BCUT2D eigenvalue weighted by Crippen LogP contribution is 2.31. The number of hydrogen-bond donors (Lipinski definition) is 0. The van der Waals surface area contributed by atoms with Crippen molar-refractivity contribution in [2.45, 2.75) is 11.8 Å². The number of aromatic nitrogens is 1. The Labute approximate surface area is 164 Å². The Hall–Kier alpha value is -1.67. The Bertz CT molecular complexity index is 1180. The van der Waals surface area contributed by atoms with E-state index in [1.807, 2.05) is 0 Å². The number of amides is 1. The van der Waals surface area contributed by atoms with Crippen molar-refractivity contribution in [1.82, 2.24) is 4.57 Å². The summed E-state index contributed by atoms with van der Waals surface area (Å²) in [5, 5.41) is 1.05. The van der Waals surface area contributed by atoms with Crippen LogP contribution in [0.3, 0.4) is 0 Å². The molecule has 0 radical (unpaired) electrons. The van der Waals surface area contributed by atoms with E-state index in [9.17, 15) is 13.2 Å². The van der Waals surface area contributed by atoms with Gasteiger partial charge in [0.2, 0.25) is 0 Å². The van der Waals surface area contributed by atoms with Crippen molar-refractivity contribution in [2.24, 2.45) is 12.0 Å². The highest BCUT2D eigenvalue weighted by Gasteiger charge is 2.14. The van der Waals surface area contributed by atoms with E-state index in [1.54, 1.807) is 30.7 Å². The van der Waals surface area contributed by atoms with Crippen molar-refractivity contribution in [1.29, 1.82) is 0 Å². The monoisotopic (exact) mass is 428 g/mol. The zero-order valence-electron chi connectivity index (χ0n) is 13.9. The Morgan fingerprint density at radius 1 is 1.12 bits per heavy atom. The molecule has 3 aromatic rings. The molecule has 1 aromatic heterocycles. The zero-order chi connectivity index (χ0) is 19.1. The molecule has 0 aliphatic carbocycles. The third-order valence-corrected chi connectivity index (χ3v) is 7.54. The van der Waals surface area contributed by atoms with Crippen LogP contribution in [-0.2, 0) is 16.9 Å². The molecule has 1 heterocycles. The number of halogens is 2. The average molecular weight is 429 g/mol. The predicted molar refractivity (Wildman–Crippen MR) is 105 cm³/mol. The predicted octanol–water partition coefficient (Wildman–Crippen LogP) is 4.08. The Morgan fingerprint density at radius 3 is 2.31 bits per heavy atom. The Morgan fingerprint density at radius 2 is 1.73 bits per heavy atom. The number of benzene rings is 2. The van der Waals surface area contributed by atoms with Gasteiger partial charge in [-0.15, -0.1) is 0 Å². The maximum absolute atomic E-state index is 12.5. The first-order chi connectivity index (χ1) is 12.2. The average Bonchev–Trinajstić information content (AvgIpc) is 2.96. The number of nitrogens with zero attached hydrogens (tertiary/aromatic N) is 2. The summed E-state index contributed by atoms with van der Waals surface area (Å²) in [7, 11) is -1.55. The van der Waals surface area contributed by atoms with Gasteiger partial charge < -0.3 is 4.57 Å². The standard InChI is InChI=1S/C17H14Cl2N2O3S2/c1-3-26(23,24)11-6-4-10(5-7-11)16(22)20-17-21(2)14-12(18)8-9-13(19)15(14)25-17/h4-9H,3H2,1-2H3. The maximum atomic E-state index is 12.5. The van der Waals surface area contributed by atoms with Crippen LogP contribution in [0, 0.1) is 0 Å². The normalized spacial score (nSPS) is 12.7. The third-order valence-electron chi connectivity index (χ3n) is 3.89. The van der Waals surface area contributed by atoms with Gasteiger partial charge in [0.25, 0.3) is 5.91 Å². The van der Waals surface area contributed by atoms with Crippen LogP contribution in [0.2, 0.25) is 10.0 Å². The van der Waals surface area contributed by atoms with Gasteiger partial charge in [0.15, 0.2) is 14.6 Å². The topological polar surface area (TPSA) is 68.5 Å². The van der Waals surface area contributed by atoms with Gasteiger partial charge in [0.1, 0.15) is 0 Å². The second-order valence-electron chi connectivity index (χ2n) is 5.50. The number of thiazole rings is 1. The second-order valence-corrected chi connectivity index (χ2v) is 9.57. The van der Waals surface area contributed by atoms with Crippen LogP contribution >= 0.6 is 34.5 Å². The lowest BCUT2D eigenvalue weighted by molar-refractivity contribution is 0.0998. The Balaban J connectivity index is 2.05. The highest BCUT2D eigenvalue weighted by molar-refractivity contribution is 7.91. The van der Waals surface area contributed by atoms with Gasteiger partial charge in [-0.25, -0.2) is 8.42 Å². The summed E-state index contributed by atoms with van der Waals surface area (Å²) in [4.78, 5) is 17.2. The number of hydrogen-bond acceptors (Lipinski definition) is 4. The smallest absolute Gasteiger partial charge is 0.279 e. The summed E-state index contributed by atoms with van der Waals surface area (Å²) in [6.45, 7) is 1.57. The van der Waals surface area contributed by atoms with Crippen LogP contribution < -0.4 is 4.80 Å². The van der Waals surface area contributed by atoms with Crippen LogP contribution in [0.1, 0.15) is 17.3 Å². The van der Waals surface area contributed by atoms with E-state index in [4.69, 9.17) is 23.2 Å². The molecule has 0 saturated heterocycles. The minimum absolute atomic E-state index is 0.00378. The minimum atomic E-state index is -3.31. The van der Waals surface area contributed by atoms with Gasteiger partial charge in [0.05, 0.1) is 30.9 Å². The van der Waals surface area contributed by atoms with Gasteiger partial charge in [-0.05, 0) is 36.4 Å². The molecule has 0 bridgehead atoms. The fourth-order valence-corrected chi connectivity index (χ4v) is 4.95. The van der Waals surface area contributed by atoms with E-state index in [1.165, 1.54) is 35.6 Å². The number of carbonyl (C=O) groups excluding carboxylic acids is 1. The van der Waals surface area contributed by atoms with Crippen molar-refractivity contribution in [3.63, 3.8) is 0 Å². The van der Waals surface area contributed by atoms with Crippen LogP contribution in [0.25, 0.3) is 10.2 Å². The number of rotatable bonds is 3. The largest absolute Gasteiger partial charge is 0.318 e. The SMILES string of the molecule is CCS(=O)(=O)c1ccc(C(=O)N=c2sc3c(Cl)ccc(Cl)c3n2C)cc1. The molecule has 9 heteroatoms. The summed E-state index contributed by atoms with van der Waals surface area (Å²) >= 11 is 13.7. The lowest BCUT2D eigenvalue weighted by Gasteiger charge is -2.02. The van der Waals surface area contributed by atoms with Gasteiger partial charge in [-0.3, -0.25) is 4.79 Å². The molecule has 0 atom stereocenters. The molecule has 2 aromatic carbocycles. The van der Waals surface area contributed by atoms with Crippen molar-refractivity contribution < 1.29 is 13.2 Å². The molecule has 0 N–H and O–H groups in total. The van der Waals surface area contributed by atoms with E-state index in [0.717, 1.165) is 4.70 Å². The van der Waals surface area contributed by atoms with Gasteiger partial charge in [0, 0.05) is 12.6 Å². The molecule has 0 aliphatic heterocycles. The molecule has 136 valence electrons. The van der Waals surface area contributed by atoms with Crippen LogP contribution in [0.4, 0.5) is 0 Å². The highest BCUT2D eigenvalue weighted by atomic mass is 35.5. The summed E-state index contributed by atoms with van der Waals surface area (Å²) in [6, 6.07) is 9.14. The maximum Gasteiger partial charge on any atom is 0.279 e. The molecule has 0 aliphatic rings. The van der Waals surface area contributed by atoms with Crippen molar-refractivity contribution in [3.05, 3.63) is 56.8 Å². The molecule has 0 fully saturated rings. The van der Waals surface area contributed by atoms with Gasteiger partial charge in [-0.2, -0.15) is 4.99 Å². The molecular formula is C17H14Cl2N2O3S2. The number of sulfone groups is 1. The first-order valence-corrected chi connectivity index (χ1v) is 10.8. The lowest BCUT2D eigenvalue weighted by Crippen LogP contribution is -2.13. The molecule has 26 heavy (non-hydrogen) atoms. The van der Waals surface area contributed by atoms with Gasteiger partial charge >= 0.3 is 0 Å². The lowest BCUT2D eigenvalue weighted by atomic mass is 10.2. The van der Waals surface area contributed by atoms with Crippen molar-refractivity contribution in [2.75, 3.05) is 5.75 Å². The molecule has 0 saturated carbocycles. The first kappa shape index (κ1) is 19.1. The molecule has 5 nitrogen and oxygen atoms in total. The fraction of sp³-hybridized carbons (Fsp3) is 0.176. The quantitative estimate of drug-likeness (QED) is 0.630. The molecular weight excluding hydrogens is 415 g/mol. The second kappa shape index (κ2) is 7.15. The fourth-order valence-electron chi connectivity index (χ4n) is 2.41. The van der Waals surface area contributed by atoms with Crippen LogP contribution in [-0.4, -0.2) is 24.6 Å². The van der Waals surface area contributed by atoms with E-state index in [0.29, 0.717) is 25.9 Å². The van der Waals surface area contributed by atoms with Crippen molar-refractivity contribution in [3.8, 4) is 0 Å². The molecule has 0 unspecified atom stereocenters. The first-order valence-electron chi connectivity index (χ1n) is 7.60. The summed E-state index contributed by atoms with van der Waals surface area (Å²) in [6.07, 6.45) is 0. The summed E-state index contributed by atoms with van der Waals surface area (Å²) in [5.74, 6) is -0.469. The Kier molecular flexibility index (Phi) is 5.25. The number of carbonyl (C=O) groups is 1. The molecule has 1 amide bonds. The number of aryl methyl sites for hydroxylation is 1.